The summed E-state index contributed by atoms with van der Waals surface area (Å²) < 4.78 is 0. The topological polar surface area (TPSA) is 38.7 Å². The number of fused-ring (bicyclic) bond motifs is 4. The molecule has 10 rings (SSSR count). The van der Waals surface area contributed by atoms with Crippen molar-refractivity contribution >= 4 is 10.9 Å². The van der Waals surface area contributed by atoms with E-state index in [0.717, 1.165) is 39.2 Å². The van der Waals surface area contributed by atoms with Gasteiger partial charge in [0.15, 0.2) is 0 Å². The largest absolute Gasteiger partial charge is 0.305 e. The number of rotatable bonds is 5. The molecule has 1 aliphatic rings. The van der Waals surface area contributed by atoms with Gasteiger partial charge in [-0.15, -0.1) is 64.7 Å². The van der Waals surface area contributed by atoms with Crippen LogP contribution in [0.15, 0.2) is 176 Å². The van der Waals surface area contributed by atoms with Gasteiger partial charge in [-0.2, -0.15) is 0 Å². The summed E-state index contributed by atoms with van der Waals surface area (Å²) in [6, 6.07) is 65.7. The third kappa shape index (κ3) is 7.34. The van der Waals surface area contributed by atoms with Gasteiger partial charge in [0.1, 0.15) is 0 Å². The van der Waals surface area contributed by atoms with E-state index in [4.69, 9.17) is 9.97 Å². The molecule has 0 aliphatic heterocycles. The number of aromatic nitrogens is 3. The molecule has 0 saturated heterocycles. The van der Waals surface area contributed by atoms with Crippen LogP contribution in [0.2, 0.25) is 0 Å². The molecule has 0 N–H and O–H groups in total. The third-order valence-electron chi connectivity index (χ3n) is 11.1. The Morgan fingerprint density at radius 1 is 0.517 bits per heavy atom. The molecule has 1 aliphatic carbocycles. The van der Waals surface area contributed by atoms with Gasteiger partial charge in [-0.05, 0) is 76.0 Å². The van der Waals surface area contributed by atoms with Gasteiger partial charge in [0.25, 0.3) is 0 Å². The fourth-order valence-corrected chi connectivity index (χ4v) is 8.16. The zero-order valence-corrected chi connectivity index (χ0v) is 35.3. The quantitative estimate of drug-likeness (QED) is 0.161. The average Bonchev–Trinajstić information content (AvgIpc) is 3.49. The maximum Gasteiger partial charge on any atom is 0.0763 e. The summed E-state index contributed by atoms with van der Waals surface area (Å²) in [5.41, 5.74) is 18.4. The maximum atomic E-state index is 5.14. The molecule has 283 valence electrons. The van der Waals surface area contributed by atoms with Crippen molar-refractivity contribution in [1.29, 1.82) is 0 Å². The molecule has 0 fully saturated rings. The van der Waals surface area contributed by atoms with Gasteiger partial charge < -0.3 is 4.98 Å². The fourth-order valence-electron chi connectivity index (χ4n) is 8.16. The number of aryl methyl sites for hydroxylation is 2. The summed E-state index contributed by atoms with van der Waals surface area (Å²) in [6.45, 7) is 8.88. The molecule has 4 heteroatoms. The van der Waals surface area contributed by atoms with Gasteiger partial charge in [-0.1, -0.05) is 147 Å². The Morgan fingerprint density at radius 3 is 1.91 bits per heavy atom. The van der Waals surface area contributed by atoms with Crippen LogP contribution < -0.4 is 0 Å². The number of para-hydroxylation sites is 1. The molecule has 0 saturated carbocycles. The van der Waals surface area contributed by atoms with Crippen molar-refractivity contribution in [1.82, 2.24) is 15.0 Å². The van der Waals surface area contributed by atoms with E-state index in [2.05, 4.69) is 184 Å². The van der Waals surface area contributed by atoms with Gasteiger partial charge in [0.05, 0.1) is 17.0 Å². The Morgan fingerprint density at radius 2 is 1.17 bits per heavy atom. The second kappa shape index (κ2) is 16.3. The fraction of sp³-hybridized carbons (Fsp3) is 0.0926. The van der Waals surface area contributed by atoms with E-state index in [1.807, 2.05) is 36.5 Å². The summed E-state index contributed by atoms with van der Waals surface area (Å²) in [5, 5.41) is 1.08. The standard InChI is InChI=1S/C31H25N2.C23H16N.Ir/c1-19-10-9-11-20(2)28(19)29-23-13-6-8-15-27(23)32-30(33-29)21-16-17-26-24(18-21)22-12-5-7-14-25(22)31(26,3)4;1-3-8-18(9-4-1)20-12-7-13-22(16-20)23-17-21(14-15-24-23)19-10-5-2-6-11-19;/h5-15,17-18H,1-4H3;1-12,14-17H;/q2*-1;. The second-order valence-electron chi connectivity index (χ2n) is 15.2. The third-order valence-corrected chi connectivity index (χ3v) is 11.1. The van der Waals surface area contributed by atoms with E-state index in [0.29, 0.717) is 0 Å². The van der Waals surface area contributed by atoms with Gasteiger partial charge in [-0.3, -0.25) is 9.97 Å². The molecule has 9 aromatic rings. The molecular formula is C54H41IrN3-2. The molecule has 3 nitrogen and oxygen atoms in total. The molecule has 2 aromatic heterocycles. The van der Waals surface area contributed by atoms with Crippen LogP contribution in [0.1, 0.15) is 36.1 Å². The maximum absolute atomic E-state index is 5.14. The van der Waals surface area contributed by atoms with Crippen LogP contribution in [-0.2, 0) is 25.5 Å². The Kier molecular flexibility index (Phi) is 10.8. The molecule has 2 heterocycles. The van der Waals surface area contributed by atoms with Crippen LogP contribution >= 0.6 is 0 Å². The molecule has 1 radical (unpaired) electrons. The van der Waals surface area contributed by atoms with Crippen molar-refractivity contribution in [3.05, 3.63) is 210 Å². The first-order chi connectivity index (χ1) is 27.8. The zero-order valence-electron chi connectivity index (χ0n) is 32.9. The predicted molar refractivity (Wildman–Crippen MR) is 236 cm³/mol. The second-order valence-corrected chi connectivity index (χ2v) is 15.2. The summed E-state index contributed by atoms with van der Waals surface area (Å²) in [4.78, 5) is 14.6. The van der Waals surface area contributed by atoms with Gasteiger partial charge in [0, 0.05) is 37.3 Å². The van der Waals surface area contributed by atoms with Crippen molar-refractivity contribution in [2.24, 2.45) is 0 Å². The van der Waals surface area contributed by atoms with Crippen LogP contribution in [0.4, 0.5) is 0 Å². The van der Waals surface area contributed by atoms with Crippen molar-refractivity contribution in [2.75, 3.05) is 0 Å². The van der Waals surface area contributed by atoms with Crippen molar-refractivity contribution < 1.29 is 20.1 Å². The number of benzene rings is 7. The molecule has 0 atom stereocenters. The number of hydrogen-bond donors (Lipinski definition) is 0. The molecule has 7 aromatic carbocycles. The molecule has 0 amide bonds. The van der Waals surface area contributed by atoms with E-state index in [-0.39, 0.29) is 25.5 Å². The molecule has 0 unspecified atom stereocenters. The first kappa shape index (κ1) is 38.5. The number of pyridine rings is 1. The van der Waals surface area contributed by atoms with E-state index < -0.39 is 0 Å². The van der Waals surface area contributed by atoms with Crippen LogP contribution in [0.25, 0.3) is 78.2 Å². The first-order valence-corrected chi connectivity index (χ1v) is 19.4. The molecular weight excluding hydrogens is 883 g/mol. The Bertz CT molecular complexity index is 2800. The van der Waals surface area contributed by atoms with Gasteiger partial charge >= 0.3 is 0 Å². The normalized spacial score (nSPS) is 12.1. The SMILES string of the molecule is Cc1cccc(C)c1-c1nc(-c2[c-]cc3c(c2)-c2ccccc2C3(C)C)nc2ccccc12.[Ir].[c-]1ccc(-c2ccccc2)cc1-c1cc(-c2ccccc2)ccn1. The van der Waals surface area contributed by atoms with Crippen molar-refractivity contribution in [3.8, 4) is 67.3 Å². The Balaban J connectivity index is 0.000000167. The molecule has 58 heavy (non-hydrogen) atoms. The Hall–Kier alpha value is -6.32. The van der Waals surface area contributed by atoms with Gasteiger partial charge in [-0.25, -0.2) is 0 Å². The monoisotopic (exact) mass is 924 g/mol. The number of hydrogen-bond acceptors (Lipinski definition) is 3. The minimum Gasteiger partial charge on any atom is -0.305 e. The minimum atomic E-state index is -0.0331. The van der Waals surface area contributed by atoms with E-state index in [9.17, 15) is 0 Å². The van der Waals surface area contributed by atoms with E-state index in [1.165, 1.54) is 61.2 Å². The molecule has 0 spiro atoms. The zero-order chi connectivity index (χ0) is 38.9. The average molecular weight is 924 g/mol. The molecule has 0 bridgehead atoms. The first-order valence-electron chi connectivity index (χ1n) is 19.4. The van der Waals surface area contributed by atoms with Crippen LogP contribution in [0.3, 0.4) is 0 Å². The van der Waals surface area contributed by atoms with E-state index >= 15 is 0 Å². The smallest absolute Gasteiger partial charge is 0.0763 e. The Labute approximate surface area is 354 Å². The minimum absolute atomic E-state index is 0. The summed E-state index contributed by atoms with van der Waals surface area (Å²) in [6.07, 6.45) is 1.86. The van der Waals surface area contributed by atoms with Gasteiger partial charge in [0.2, 0.25) is 0 Å². The van der Waals surface area contributed by atoms with E-state index in [1.54, 1.807) is 0 Å². The summed E-state index contributed by atoms with van der Waals surface area (Å²) in [7, 11) is 0. The van der Waals surface area contributed by atoms with Crippen LogP contribution in [-0.4, -0.2) is 15.0 Å². The van der Waals surface area contributed by atoms with Crippen LogP contribution in [0.5, 0.6) is 0 Å². The number of nitrogens with zero attached hydrogens (tertiary/aromatic N) is 3. The van der Waals surface area contributed by atoms with Crippen molar-refractivity contribution in [2.45, 2.75) is 33.1 Å². The van der Waals surface area contributed by atoms with Crippen LogP contribution in [0, 0.1) is 26.0 Å². The van der Waals surface area contributed by atoms with Crippen molar-refractivity contribution in [3.63, 3.8) is 0 Å². The predicted octanol–water partition coefficient (Wildman–Crippen LogP) is 13.6. The summed E-state index contributed by atoms with van der Waals surface area (Å²) in [5.74, 6) is 0.719. The summed E-state index contributed by atoms with van der Waals surface area (Å²) >= 11 is 0.